The van der Waals surface area contributed by atoms with E-state index in [0.29, 0.717) is 10.9 Å². The molecule has 0 aliphatic heterocycles. The first-order chi connectivity index (χ1) is 8.60. The van der Waals surface area contributed by atoms with Gasteiger partial charge in [0.1, 0.15) is 5.82 Å². The first kappa shape index (κ1) is 12.9. The van der Waals surface area contributed by atoms with Crippen molar-refractivity contribution in [1.29, 1.82) is 0 Å². The Balaban J connectivity index is 1.98. The Bertz CT molecular complexity index is 558. The molecule has 5 nitrogen and oxygen atoms in total. The molecule has 0 fully saturated rings. The van der Waals surface area contributed by atoms with E-state index in [9.17, 15) is 4.79 Å². The van der Waals surface area contributed by atoms with E-state index in [0.717, 1.165) is 29.2 Å². The number of aromatic amines is 2. The van der Waals surface area contributed by atoms with E-state index in [1.54, 1.807) is 0 Å². The zero-order valence-corrected chi connectivity index (χ0v) is 11.5. The first-order valence-corrected chi connectivity index (χ1v) is 6.82. The van der Waals surface area contributed by atoms with Crippen LogP contribution < -0.4 is 0 Å². The van der Waals surface area contributed by atoms with Gasteiger partial charge in [0, 0.05) is 23.4 Å². The summed E-state index contributed by atoms with van der Waals surface area (Å²) in [6, 6.07) is 1.88. The molecular formula is C12H16N4OS. The molecule has 0 saturated carbocycles. The first-order valence-electron chi connectivity index (χ1n) is 5.83. The topological polar surface area (TPSA) is 74.4 Å². The Morgan fingerprint density at radius 3 is 2.78 bits per heavy atom. The normalized spacial score (nSPS) is 10.8. The number of Topliss-reactive ketones (excluding diaryl/α,β-unsaturated/α-hetero) is 1. The highest BCUT2D eigenvalue weighted by Gasteiger charge is 2.13. The number of nitrogens with zero attached hydrogens (tertiary/aromatic N) is 2. The number of carbonyl (C=O) groups excluding carboxylic acids is 1. The van der Waals surface area contributed by atoms with Crippen LogP contribution in [0.5, 0.6) is 0 Å². The SMILES string of the molecule is CCc1nc(SCC(=O)c2cc(C)[nH]c2C)n[nH]1. The molecule has 18 heavy (non-hydrogen) atoms. The largest absolute Gasteiger partial charge is 0.362 e. The summed E-state index contributed by atoms with van der Waals surface area (Å²) in [7, 11) is 0. The fraction of sp³-hybridized carbons (Fsp3) is 0.417. The maximum Gasteiger partial charge on any atom is 0.208 e. The van der Waals surface area contributed by atoms with Crippen LogP contribution in [0.2, 0.25) is 0 Å². The van der Waals surface area contributed by atoms with Crippen LogP contribution in [0.4, 0.5) is 0 Å². The monoisotopic (exact) mass is 264 g/mol. The summed E-state index contributed by atoms with van der Waals surface area (Å²) in [6.45, 7) is 5.86. The molecule has 0 unspecified atom stereocenters. The van der Waals surface area contributed by atoms with Crippen LogP contribution in [0.1, 0.15) is 34.5 Å². The summed E-state index contributed by atoms with van der Waals surface area (Å²) in [4.78, 5) is 19.4. The van der Waals surface area contributed by atoms with Gasteiger partial charge in [-0.05, 0) is 19.9 Å². The Morgan fingerprint density at radius 2 is 2.22 bits per heavy atom. The van der Waals surface area contributed by atoms with Gasteiger partial charge in [-0.25, -0.2) is 4.98 Å². The lowest BCUT2D eigenvalue weighted by atomic mass is 10.2. The van der Waals surface area contributed by atoms with Gasteiger partial charge in [0.2, 0.25) is 5.16 Å². The van der Waals surface area contributed by atoms with Crippen molar-refractivity contribution in [3.05, 3.63) is 28.8 Å². The second-order valence-corrected chi connectivity index (χ2v) is 5.06. The van der Waals surface area contributed by atoms with Crippen LogP contribution in [0.15, 0.2) is 11.2 Å². The van der Waals surface area contributed by atoms with E-state index in [2.05, 4.69) is 20.2 Å². The lowest BCUT2D eigenvalue weighted by Crippen LogP contribution is -2.03. The predicted molar refractivity (Wildman–Crippen MR) is 71.1 cm³/mol. The Labute approximate surface area is 110 Å². The van der Waals surface area contributed by atoms with Crippen LogP contribution in [0.3, 0.4) is 0 Å². The van der Waals surface area contributed by atoms with E-state index in [1.165, 1.54) is 11.8 Å². The number of thioether (sulfide) groups is 1. The number of aryl methyl sites for hydroxylation is 3. The van der Waals surface area contributed by atoms with Crippen molar-refractivity contribution in [2.24, 2.45) is 0 Å². The van der Waals surface area contributed by atoms with Gasteiger partial charge >= 0.3 is 0 Å². The molecule has 6 heteroatoms. The molecule has 0 aliphatic carbocycles. The average Bonchev–Trinajstić information content (AvgIpc) is 2.92. The molecule has 0 saturated heterocycles. The lowest BCUT2D eigenvalue weighted by Gasteiger charge is -1.97. The van der Waals surface area contributed by atoms with Crippen LogP contribution >= 0.6 is 11.8 Å². The molecule has 2 N–H and O–H groups in total. The molecule has 96 valence electrons. The van der Waals surface area contributed by atoms with Gasteiger partial charge in [0.05, 0.1) is 5.75 Å². The molecular weight excluding hydrogens is 248 g/mol. The fourth-order valence-electron chi connectivity index (χ4n) is 1.72. The summed E-state index contributed by atoms with van der Waals surface area (Å²) in [5, 5.41) is 7.51. The molecule has 0 bridgehead atoms. The Hall–Kier alpha value is -1.56. The van der Waals surface area contributed by atoms with Crippen molar-refractivity contribution in [3.63, 3.8) is 0 Å². The van der Waals surface area contributed by atoms with E-state index >= 15 is 0 Å². The van der Waals surface area contributed by atoms with Gasteiger partial charge < -0.3 is 4.98 Å². The lowest BCUT2D eigenvalue weighted by molar-refractivity contribution is 0.102. The van der Waals surface area contributed by atoms with Crippen LogP contribution in [0.25, 0.3) is 0 Å². The zero-order chi connectivity index (χ0) is 13.1. The molecule has 0 aromatic carbocycles. The van der Waals surface area contributed by atoms with Gasteiger partial charge in [0.25, 0.3) is 0 Å². The second-order valence-electron chi connectivity index (χ2n) is 4.12. The van der Waals surface area contributed by atoms with E-state index < -0.39 is 0 Å². The number of nitrogens with one attached hydrogen (secondary N) is 2. The highest BCUT2D eigenvalue weighted by Crippen LogP contribution is 2.17. The van der Waals surface area contributed by atoms with Crippen molar-refractivity contribution in [3.8, 4) is 0 Å². The molecule has 2 aromatic rings. The fourth-order valence-corrected chi connectivity index (χ4v) is 2.42. The minimum Gasteiger partial charge on any atom is -0.362 e. The summed E-state index contributed by atoms with van der Waals surface area (Å²) in [6.07, 6.45) is 0.817. The number of H-pyrrole nitrogens is 2. The van der Waals surface area contributed by atoms with Gasteiger partial charge in [-0.2, -0.15) is 0 Å². The number of rotatable bonds is 5. The maximum absolute atomic E-state index is 12.0. The van der Waals surface area contributed by atoms with Crippen LogP contribution in [0, 0.1) is 13.8 Å². The minimum atomic E-state index is 0.102. The smallest absolute Gasteiger partial charge is 0.208 e. The number of hydrogen-bond donors (Lipinski definition) is 2. The number of carbonyl (C=O) groups is 1. The second kappa shape index (κ2) is 5.39. The standard InChI is InChI=1S/C12H16N4OS/c1-4-11-14-12(16-15-11)18-6-10(17)9-5-7(2)13-8(9)3/h5,13H,4,6H2,1-3H3,(H,14,15,16). The molecule has 0 aliphatic rings. The van der Waals surface area contributed by atoms with Crippen molar-refractivity contribution >= 4 is 17.5 Å². The number of hydrogen-bond acceptors (Lipinski definition) is 4. The van der Waals surface area contributed by atoms with Crippen molar-refractivity contribution in [1.82, 2.24) is 20.2 Å². The third-order valence-corrected chi connectivity index (χ3v) is 3.48. The molecule has 0 spiro atoms. The van der Waals surface area contributed by atoms with Gasteiger partial charge in [-0.3, -0.25) is 9.89 Å². The minimum absolute atomic E-state index is 0.102. The highest BCUT2D eigenvalue weighted by atomic mass is 32.2. The predicted octanol–water partition coefficient (Wildman–Crippen LogP) is 2.29. The molecule has 0 radical (unpaired) electrons. The number of ketones is 1. The highest BCUT2D eigenvalue weighted by molar-refractivity contribution is 7.99. The van der Waals surface area contributed by atoms with Crippen molar-refractivity contribution < 1.29 is 4.79 Å². The zero-order valence-electron chi connectivity index (χ0n) is 10.7. The molecule has 2 heterocycles. The van der Waals surface area contributed by atoms with Crippen LogP contribution in [-0.2, 0) is 6.42 Å². The van der Waals surface area contributed by atoms with Gasteiger partial charge in [0.15, 0.2) is 5.78 Å². The van der Waals surface area contributed by atoms with Gasteiger partial charge in [-0.1, -0.05) is 18.7 Å². The summed E-state index contributed by atoms with van der Waals surface area (Å²) >= 11 is 1.36. The molecule has 2 rings (SSSR count). The molecule has 0 atom stereocenters. The van der Waals surface area contributed by atoms with Gasteiger partial charge in [-0.15, -0.1) is 5.10 Å². The Kier molecular flexibility index (Phi) is 3.86. The Morgan fingerprint density at radius 1 is 1.44 bits per heavy atom. The molecule has 2 aromatic heterocycles. The molecule has 0 amide bonds. The summed E-state index contributed by atoms with van der Waals surface area (Å²) in [5.41, 5.74) is 2.68. The maximum atomic E-state index is 12.0. The van der Waals surface area contributed by atoms with Crippen molar-refractivity contribution in [2.75, 3.05) is 5.75 Å². The quantitative estimate of drug-likeness (QED) is 0.642. The summed E-state index contributed by atoms with van der Waals surface area (Å²) < 4.78 is 0. The summed E-state index contributed by atoms with van der Waals surface area (Å²) in [5.74, 6) is 1.31. The van der Waals surface area contributed by atoms with Crippen LogP contribution in [-0.4, -0.2) is 31.7 Å². The third-order valence-electron chi connectivity index (χ3n) is 2.63. The third kappa shape index (κ3) is 2.81. The van der Waals surface area contributed by atoms with E-state index in [4.69, 9.17) is 0 Å². The van der Waals surface area contributed by atoms with Crippen molar-refractivity contribution in [2.45, 2.75) is 32.3 Å². The number of aromatic nitrogens is 4. The van der Waals surface area contributed by atoms with E-state index in [1.807, 2.05) is 26.8 Å². The average molecular weight is 264 g/mol. The van der Waals surface area contributed by atoms with E-state index in [-0.39, 0.29) is 5.78 Å².